The number of benzene rings is 8. The molecule has 0 aliphatic carbocycles. The van der Waals surface area contributed by atoms with E-state index in [-0.39, 0.29) is 0 Å². The van der Waals surface area contributed by atoms with Crippen LogP contribution in [-0.2, 0) is 0 Å². The molecule has 0 N–H and O–H groups in total. The fraction of sp³-hybridized carbons (Fsp3) is 0. The lowest BCUT2D eigenvalue weighted by molar-refractivity contribution is 0.665. The Labute approximate surface area is 240 Å². The van der Waals surface area contributed by atoms with Gasteiger partial charge in [0.2, 0.25) is 0 Å². The minimum absolute atomic E-state index is 0.895. The predicted molar refractivity (Wildman–Crippen MR) is 176 cm³/mol. The molecular weight excluding hydrogens is 512 g/mol. The van der Waals surface area contributed by atoms with Crippen LogP contribution in [0.15, 0.2) is 142 Å². The van der Waals surface area contributed by atoms with Crippen LogP contribution in [0.2, 0.25) is 0 Å². The summed E-state index contributed by atoms with van der Waals surface area (Å²) in [5, 5.41) is 13.9. The Morgan fingerprint density at radius 3 is 1.62 bits per heavy atom. The maximum Gasteiger partial charge on any atom is 0.143 e. The highest BCUT2D eigenvalue weighted by Crippen LogP contribution is 2.49. The fourth-order valence-corrected chi connectivity index (χ4v) is 7.21. The molecule has 0 saturated carbocycles. The van der Waals surface area contributed by atoms with Gasteiger partial charge in [-0.05, 0) is 51.4 Å². The Hall–Kier alpha value is -5.60. The lowest BCUT2D eigenvalue weighted by atomic mass is 9.87. The normalized spacial score (nSPS) is 12.3. The third-order valence-corrected chi connectivity index (χ3v) is 9.02. The largest absolute Gasteiger partial charge is 0.455 e. The summed E-state index contributed by atoms with van der Waals surface area (Å²) in [7, 11) is 0. The molecule has 0 fully saturated rings. The van der Waals surface area contributed by atoms with Crippen molar-refractivity contribution in [2.45, 2.75) is 0 Å². The summed E-state index contributed by atoms with van der Waals surface area (Å²) in [4.78, 5) is 0. The SMILES string of the molecule is c1ccc(-c2ccc3c4c2oc2c5ccccc5ccc2c4c2cccc4oc5c6ccccc6ccc5c3c42)cc1. The van der Waals surface area contributed by atoms with Crippen molar-refractivity contribution in [3.63, 3.8) is 0 Å². The van der Waals surface area contributed by atoms with Crippen LogP contribution in [0.5, 0.6) is 0 Å². The summed E-state index contributed by atoms with van der Waals surface area (Å²) >= 11 is 0. The van der Waals surface area contributed by atoms with E-state index in [1.165, 1.54) is 32.3 Å². The maximum absolute atomic E-state index is 7.07. The lowest BCUT2D eigenvalue weighted by Crippen LogP contribution is -1.92. The average molecular weight is 535 g/mol. The molecule has 0 unspecified atom stereocenters. The molecule has 0 bridgehead atoms. The van der Waals surface area contributed by atoms with E-state index in [0.717, 1.165) is 65.8 Å². The van der Waals surface area contributed by atoms with E-state index in [9.17, 15) is 0 Å². The lowest BCUT2D eigenvalue weighted by Gasteiger charge is -2.19. The van der Waals surface area contributed by atoms with Gasteiger partial charge in [-0.15, -0.1) is 0 Å². The van der Waals surface area contributed by atoms with Crippen LogP contribution in [0, 0.1) is 0 Å². The zero-order chi connectivity index (χ0) is 27.4. The van der Waals surface area contributed by atoms with Crippen LogP contribution in [-0.4, -0.2) is 0 Å². The molecule has 0 spiro atoms. The van der Waals surface area contributed by atoms with Crippen LogP contribution < -0.4 is 0 Å². The molecule has 2 aromatic heterocycles. The van der Waals surface area contributed by atoms with E-state index in [4.69, 9.17) is 8.83 Å². The molecule has 0 amide bonds. The zero-order valence-corrected chi connectivity index (χ0v) is 22.5. The number of rotatable bonds is 1. The van der Waals surface area contributed by atoms with Crippen LogP contribution >= 0.6 is 0 Å². The van der Waals surface area contributed by atoms with E-state index in [1.54, 1.807) is 0 Å². The molecule has 10 rings (SSSR count). The van der Waals surface area contributed by atoms with Gasteiger partial charge in [-0.2, -0.15) is 0 Å². The second-order valence-electron chi connectivity index (χ2n) is 11.2. The number of hydrogen-bond acceptors (Lipinski definition) is 2. The highest BCUT2D eigenvalue weighted by molar-refractivity contribution is 6.41. The summed E-state index contributed by atoms with van der Waals surface area (Å²) in [5.74, 6) is 0. The van der Waals surface area contributed by atoms with Gasteiger partial charge in [0.1, 0.15) is 22.3 Å². The molecule has 2 heteroatoms. The Kier molecular flexibility index (Phi) is 4.21. The van der Waals surface area contributed by atoms with Crippen molar-refractivity contribution in [1.29, 1.82) is 0 Å². The van der Waals surface area contributed by atoms with Gasteiger partial charge < -0.3 is 8.83 Å². The fourth-order valence-electron chi connectivity index (χ4n) is 7.21. The molecule has 8 aromatic carbocycles. The average Bonchev–Trinajstić information content (AvgIpc) is 3.06. The molecule has 2 heterocycles. The minimum Gasteiger partial charge on any atom is -0.455 e. The third-order valence-electron chi connectivity index (χ3n) is 9.02. The van der Waals surface area contributed by atoms with Gasteiger partial charge in [-0.1, -0.05) is 109 Å². The first-order valence-electron chi connectivity index (χ1n) is 14.4. The molecule has 0 saturated heterocycles. The van der Waals surface area contributed by atoms with Gasteiger partial charge in [0, 0.05) is 48.7 Å². The molecule has 0 aliphatic rings. The van der Waals surface area contributed by atoms with Crippen molar-refractivity contribution >= 4 is 87.0 Å². The monoisotopic (exact) mass is 534 g/mol. The molecule has 10 aromatic rings. The van der Waals surface area contributed by atoms with Crippen molar-refractivity contribution in [2.24, 2.45) is 0 Å². The van der Waals surface area contributed by atoms with E-state index < -0.39 is 0 Å². The van der Waals surface area contributed by atoms with Crippen molar-refractivity contribution in [3.05, 3.63) is 133 Å². The first kappa shape index (κ1) is 22.1. The Morgan fingerprint density at radius 1 is 0.310 bits per heavy atom. The van der Waals surface area contributed by atoms with Crippen LogP contribution in [0.4, 0.5) is 0 Å². The van der Waals surface area contributed by atoms with Gasteiger partial charge in [0.15, 0.2) is 0 Å². The third kappa shape index (κ3) is 2.78. The molecule has 0 atom stereocenters. The van der Waals surface area contributed by atoms with Gasteiger partial charge in [0.25, 0.3) is 0 Å². The van der Waals surface area contributed by atoms with E-state index >= 15 is 0 Å². The van der Waals surface area contributed by atoms with Crippen molar-refractivity contribution in [3.8, 4) is 11.1 Å². The zero-order valence-electron chi connectivity index (χ0n) is 22.5. The summed E-state index contributed by atoms with van der Waals surface area (Å²) in [6, 6.07) is 47.4. The van der Waals surface area contributed by atoms with Crippen LogP contribution in [0.1, 0.15) is 0 Å². The van der Waals surface area contributed by atoms with Crippen molar-refractivity contribution in [2.75, 3.05) is 0 Å². The molecule has 194 valence electrons. The summed E-state index contributed by atoms with van der Waals surface area (Å²) in [6.45, 7) is 0. The molecule has 0 aliphatic heterocycles. The van der Waals surface area contributed by atoms with Gasteiger partial charge in [0.05, 0.1) is 0 Å². The van der Waals surface area contributed by atoms with Crippen molar-refractivity contribution in [1.82, 2.24) is 0 Å². The van der Waals surface area contributed by atoms with Gasteiger partial charge in [-0.25, -0.2) is 0 Å². The summed E-state index contributed by atoms with van der Waals surface area (Å²) in [5.41, 5.74) is 5.87. The van der Waals surface area contributed by atoms with Gasteiger partial charge >= 0.3 is 0 Å². The number of fused-ring (bicyclic) bond motifs is 10. The molecular formula is C40H22O2. The van der Waals surface area contributed by atoms with Gasteiger partial charge in [-0.3, -0.25) is 0 Å². The number of hydrogen-bond donors (Lipinski definition) is 0. The Bertz CT molecular complexity index is 2720. The highest BCUT2D eigenvalue weighted by atomic mass is 16.3. The van der Waals surface area contributed by atoms with Crippen LogP contribution in [0.3, 0.4) is 0 Å². The smallest absolute Gasteiger partial charge is 0.143 e. The standard InChI is InChI=1S/C40H22O2/c1-2-9-23(10-3-1)28-21-22-30-34-31-19-17-24-11-4-6-13-26(24)38(31)41-33-16-8-15-29(36(33)34)35-32-20-18-25-12-5-7-14-27(25)39(32)42-40(28)37(30)35/h1-22H. The summed E-state index contributed by atoms with van der Waals surface area (Å²) in [6.07, 6.45) is 0. The molecule has 2 nitrogen and oxygen atoms in total. The first-order valence-corrected chi connectivity index (χ1v) is 14.4. The topological polar surface area (TPSA) is 26.3 Å². The quantitative estimate of drug-likeness (QED) is 0.155. The van der Waals surface area contributed by atoms with Crippen molar-refractivity contribution < 1.29 is 8.83 Å². The Morgan fingerprint density at radius 2 is 0.881 bits per heavy atom. The predicted octanol–water partition coefficient (Wildman–Crippen LogP) is 11.8. The maximum atomic E-state index is 7.07. The highest BCUT2D eigenvalue weighted by Gasteiger charge is 2.23. The molecule has 42 heavy (non-hydrogen) atoms. The van der Waals surface area contributed by atoms with E-state index in [2.05, 4.69) is 133 Å². The first-order chi connectivity index (χ1) is 20.8. The van der Waals surface area contributed by atoms with E-state index in [0.29, 0.717) is 0 Å². The minimum atomic E-state index is 0.895. The second-order valence-corrected chi connectivity index (χ2v) is 11.2. The second kappa shape index (κ2) is 7.99. The van der Waals surface area contributed by atoms with Crippen LogP contribution in [0.25, 0.3) is 98.1 Å². The molecule has 0 radical (unpaired) electrons. The summed E-state index contributed by atoms with van der Waals surface area (Å²) < 4.78 is 13.9. The van der Waals surface area contributed by atoms with E-state index in [1.807, 2.05) is 0 Å². The Balaban J connectivity index is 1.55.